The van der Waals surface area contributed by atoms with Crippen molar-refractivity contribution in [2.24, 2.45) is 5.10 Å². The molecule has 152 valence electrons. The van der Waals surface area contributed by atoms with Crippen molar-refractivity contribution in [3.8, 4) is 11.5 Å². The monoisotopic (exact) mass is 410 g/mol. The third-order valence-electron chi connectivity index (χ3n) is 4.54. The molecule has 3 rings (SSSR count). The van der Waals surface area contributed by atoms with Crippen molar-refractivity contribution in [2.45, 2.75) is 39.7 Å². The summed E-state index contributed by atoms with van der Waals surface area (Å²) < 4.78 is 13.5. The maximum Gasteiger partial charge on any atom is 0.216 e. The molecule has 0 amide bonds. The Hall–Kier alpha value is -2.93. The highest BCUT2D eigenvalue weighted by atomic mass is 32.1. The number of aromatic amines is 1. The maximum atomic E-state index is 5.98. The van der Waals surface area contributed by atoms with Crippen LogP contribution in [0.25, 0.3) is 0 Å². The minimum absolute atomic E-state index is 0.138. The molecule has 0 spiro atoms. The number of ether oxygens (including phenoxy) is 2. The minimum atomic E-state index is 0.138. The number of nitrogens with zero attached hydrogens (tertiary/aromatic N) is 3. The van der Waals surface area contributed by atoms with E-state index >= 15 is 0 Å². The Bertz CT molecular complexity index is 1060. The van der Waals surface area contributed by atoms with Crippen LogP contribution in [0.1, 0.15) is 43.3 Å². The molecule has 7 heteroatoms. The number of aryl methyl sites for hydroxylation is 1. The topological polar surface area (TPSA) is 64.4 Å². The number of hydrogen-bond acceptors (Lipinski definition) is 5. The zero-order chi connectivity index (χ0) is 21.0. The lowest BCUT2D eigenvalue weighted by atomic mass is 9.87. The molecular weight excluding hydrogens is 384 g/mol. The molecule has 0 bridgehead atoms. The molecule has 0 saturated carbocycles. The van der Waals surface area contributed by atoms with Crippen molar-refractivity contribution in [2.75, 3.05) is 7.11 Å². The van der Waals surface area contributed by atoms with Crippen LogP contribution in [0.4, 0.5) is 0 Å². The summed E-state index contributed by atoms with van der Waals surface area (Å²) in [5.74, 6) is 2.02. The molecule has 2 aromatic carbocycles. The maximum absolute atomic E-state index is 5.98. The van der Waals surface area contributed by atoms with Gasteiger partial charge in [-0.25, -0.2) is 0 Å². The van der Waals surface area contributed by atoms with Gasteiger partial charge in [-0.1, -0.05) is 45.0 Å². The highest BCUT2D eigenvalue weighted by Gasteiger charge is 2.13. The fraction of sp³-hybridized carbons (Fsp3) is 0.318. The summed E-state index contributed by atoms with van der Waals surface area (Å²) in [7, 11) is 1.62. The van der Waals surface area contributed by atoms with Gasteiger partial charge < -0.3 is 9.47 Å². The smallest absolute Gasteiger partial charge is 0.216 e. The average Bonchev–Trinajstić information content (AvgIpc) is 3.02. The van der Waals surface area contributed by atoms with Crippen LogP contribution >= 0.6 is 12.2 Å². The van der Waals surface area contributed by atoms with Crippen molar-refractivity contribution < 1.29 is 9.47 Å². The van der Waals surface area contributed by atoms with E-state index in [-0.39, 0.29) is 5.41 Å². The summed E-state index contributed by atoms with van der Waals surface area (Å²) in [6.45, 7) is 8.91. The Balaban J connectivity index is 1.71. The molecular formula is C22H26N4O2S. The van der Waals surface area contributed by atoms with E-state index in [0.717, 1.165) is 11.1 Å². The van der Waals surface area contributed by atoms with Gasteiger partial charge in [0.25, 0.3) is 0 Å². The molecule has 0 radical (unpaired) electrons. The number of hydrogen-bond donors (Lipinski definition) is 1. The molecule has 0 aliphatic heterocycles. The molecule has 0 saturated heterocycles. The number of methoxy groups -OCH3 is 1. The van der Waals surface area contributed by atoms with Gasteiger partial charge in [0, 0.05) is 0 Å². The Labute approximate surface area is 176 Å². The van der Waals surface area contributed by atoms with Crippen molar-refractivity contribution >= 4 is 18.4 Å². The predicted molar refractivity (Wildman–Crippen MR) is 118 cm³/mol. The van der Waals surface area contributed by atoms with Gasteiger partial charge in [-0.2, -0.15) is 14.9 Å². The van der Waals surface area contributed by atoms with Gasteiger partial charge in [-0.05, 0) is 59.4 Å². The number of nitrogens with one attached hydrogen (secondary N) is 1. The van der Waals surface area contributed by atoms with E-state index in [1.807, 2.05) is 25.1 Å². The molecule has 0 unspecified atom stereocenters. The number of aromatic nitrogens is 3. The summed E-state index contributed by atoms with van der Waals surface area (Å²) in [6, 6.07) is 14.2. The Morgan fingerprint density at radius 1 is 1.14 bits per heavy atom. The van der Waals surface area contributed by atoms with E-state index in [9.17, 15) is 0 Å². The van der Waals surface area contributed by atoms with Crippen LogP contribution in [-0.2, 0) is 12.0 Å². The second-order valence-electron chi connectivity index (χ2n) is 7.78. The standard InChI is InChI=1S/C22H26N4O2S/c1-15-24-25-21(29)26(15)23-13-17-8-11-19(20(12-17)27-5)28-14-16-6-9-18(10-7-16)22(2,3)4/h6-13H,14H2,1-5H3,(H,25,29)/b23-13-. The van der Waals surface area contributed by atoms with Gasteiger partial charge in [-0.3, -0.25) is 5.10 Å². The van der Waals surface area contributed by atoms with E-state index in [4.69, 9.17) is 21.7 Å². The molecule has 0 aliphatic rings. The summed E-state index contributed by atoms with van der Waals surface area (Å²) in [6.07, 6.45) is 1.70. The summed E-state index contributed by atoms with van der Waals surface area (Å²) in [5, 5.41) is 11.1. The van der Waals surface area contributed by atoms with E-state index in [1.165, 1.54) is 5.56 Å². The quantitative estimate of drug-likeness (QED) is 0.458. The van der Waals surface area contributed by atoms with Gasteiger partial charge in [0.15, 0.2) is 11.5 Å². The second kappa shape index (κ2) is 8.61. The van der Waals surface area contributed by atoms with E-state index in [0.29, 0.717) is 28.7 Å². The molecule has 29 heavy (non-hydrogen) atoms. The largest absolute Gasteiger partial charge is 0.493 e. The Kier molecular flexibility index (Phi) is 6.17. The molecule has 1 aromatic heterocycles. The fourth-order valence-electron chi connectivity index (χ4n) is 2.78. The molecule has 1 N–H and O–H groups in total. The van der Waals surface area contributed by atoms with E-state index in [1.54, 1.807) is 18.0 Å². The van der Waals surface area contributed by atoms with Crippen LogP contribution in [0.15, 0.2) is 47.6 Å². The first-order valence-corrected chi connectivity index (χ1v) is 9.77. The van der Waals surface area contributed by atoms with Crippen LogP contribution in [0.5, 0.6) is 11.5 Å². The first-order chi connectivity index (χ1) is 13.8. The zero-order valence-corrected chi connectivity index (χ0v) is 18.2. The SMILES string of the molecule is COc1cc(/C=N\n2c(C)n[nH]c2=S)ccc1OCc1ccc(C(C)(C)C)cc1. The lowest BCUT2D eigenvalue weighted by molar-refractivity contribution is 0.284. The Morgan fingerprint density at radius 3 is 2.45 bits per heavy atom. The van der Waals surface area contributed by atoms with E-state index in [2.05, 4.69) is 60.3 Å². The summed E-state index contributed by atoms with van der Waals surface area (Å²) in [5.41, 5.74) is 3.41. The van der Waals surface area contributed by atoms with Crippen LogP contribution in [0, 0.1) is 11.7 Å². The lowest BCUT2D eigenvalue weighted by Gasteiger charge is -2.19. The van der Waals surface area contributed by atoms with Gasteiger partial charge in [0.05, 0.1) is 13.3 Å². The van der Waals surface area contributed by atoms with Gasteiger partial charge in [-0.15, -0.1) is 0 Å². The molecule has 6 nitrogen and oxygen atoms in total. The predicted octanol–water partition coefficient (Wildman–Crippen LogP) is 5.02. The van der Waals surface area contributed by atoms with Crippen molar-refractivity contribution in [1.29, 1.82) is 0 Å². The molecule has 0 atom stereocenters. The Morgan fingerprint density at radius 2 is 1.86 bits per heavy atom. The third-order valence-corrected chi connectivity index (χ3v) is 4.80. The van der Waals surface area contributed by atoms with Gasteiger partial charge in [0.1, 0.15) is 12.4 Å². The number of H-pyrrole nitrogens is 1. The van der Waals surface area contributed by atoms with Gasteiger partial charge >= 0.3 is 0 Å². The van der Waals surface area contributed by atoms with Crippen LogP contribution in [-0.4, -0.2) is 28.2 Å². The number of rotatable bonds is 6. The highest BCUT2D eigenvalue weighted by Crippen LogP contribution is 2.29. The first-order valence-electron chi connectivity index (χ1n) is 9.36. The van der Waals surface area contributed by atoms with Crippen molar-refractivity contribution in [3.63, 3.8) is 0 Å². The van der Waals surface area contributed by atoms with Crippen LogP contribution < -0.4 is 9.47 Å². The second-order valence-corrected chi connectivity index (χ2v) is 8.16. The van der Waals surface area contributed by atoms with Gasteiger partial charge in [0.2, 0.25) is 4.77 Å². The molecule has 0 fully saturated rings. The summed E-state index contributed by atoms with van der Waals surface area (Å²) in [4.78, 5) is 0. The third kappa shape index (κ3) is 5.12. The zero-order valence-electron chi connectivity index (χ0n) is 17.4. The lowest BCUT2D eigenvalue weighted by Crippen LogP contribution is -2.10. The number of benzene rings is 2. The minimum Gasteiger partial charge on any atom is -0.493 e. The first kappa shape index (κ1) is 20.8. The van der Waals surface area contributed by atoms with Crippen LogP contribution in [0.2, 0.25) is 0 Å². The molecule has 0 aliphatic carbocycles. The van der Waals surface area contributed by atoms with Crippen molar-refractivity contribution in [3.05, 3.63) is 69.8 Å². The van der Waals surface area contributed by atoms with Crippen molar-refractivity contribution in [1.82, 2.24) is 14.9 Å². The highest BCUT2D eigenvalue weighted by molar-refractivity contribution is 7.71. The summed E-state index contributed by atoms with van der Waals surface area (Å²) >= 11 is 5.15. The normalized spacial score (nSPS) is 11.8. The molecule has 3 aromatic rings. The average molecular weight is 411 g/mol. The van der Waals surface area contributed by atoms with Crippen LogP contribution in [0.3, 0.4) is 0 Å². The fourth-order valence-corrected chi connectivity index (χ4v) is 3.00. The van der Waals surface area contributed by atoms with E-state index < -0.39 is 0 Å². The molecule has 1 heterocycles.